The lowest BCUT2D eigenvalue weighted by atomic mass is 9.45. The van der Waals surface area contributed by atoms with Crippen molar-refractivity contribution < 1.29 is 44.0 Å². The SMILES string of the molecule is CSCCNC(=O)c1cccc(-n2ncc3c2C=C2CC[C@@H]4[C@H]([C@@H](O)C[C@@]5(C)[C@H]4CC[C@]5(O)C(=O)S)[C@@]2(C)C3)c1.CSCCNC(=O)c1cccc(-n2ncc3c2C=C2CC[C@@H]4[C@H]([C@@H](O)C[C@@]5(C)[C@H]4CC[C@]5(OC(=O)C4CC4)C(=O)SCC#N)[C@@]2(C)C3)c1. The summed E-state index contributed by atoms with van der Waals surface area (Å²) in [5, 5.41) is 59.3. The molecule has 13 rings (SSSR count). The minimum Gasteiger partial charge on any atom is -0.449 e. The van der Waals surface area contributed by atoms with Gasteiger partial charge < -0.3 is 30.7 Å². The van der Waals surface area contributed by atoms with Crippen LogP contribution in [0, 0.1) is 74.4 Å². The molecule has 0 saturated heterocycles. The van der Waals surface area contributed by atoms with Gasteiger partial charge >= 0.3 is 5.97 Å². The maximum Gasteiger partial charge on any atom is 0.309 e. The summed E-state index contributed by atoms with van der Waals surface area (Å²) in [4.78, 5) is 65.0. The quantitative estimate of drug-likeness (QED) is 0.0369. The maximum atomic E-state index is 13.9. The number of esters is 1. The zero-order valence-corrected chi connectivity index (χ0v) is 54.6. The van der Waals surface area contributed by atoms with Crippen LogP contribution in [0.4, 0.5) is 0 Å². The molecule has 20 heteroatoms. The summed E-state index contributed by atoms with van der Waals surface area (Å²) in [6, 6.07) is 17.2. The Morgan fingerprint density at radius 1 is 0.716 bits per heavy atom. The van der Waals surface area contributed by atoms with E-state index in [1.807, 2.05) is 89.7 Å². The predicted octanol–water partition coefficient (Wildman–Crippen LogP) is 9.90. The standard InChI is InChI=1S/C37H44N4O5S2.C31H39N3O4S2/c1-35-19-24-21-40-41(26-6-4-5-23(17-26)32(43)39-14-16-47-3)29(24)18-25(35)9-10-27-28-11-12-37(34(45)48-15-13-38,46-33(44)22-7-8-22)36(28,2)20-30(42)31(27)35;1-29-15-19-17-33-34(21-6-4-5-18(13-21)27(36)32-11-12-40-3)24(19)14-20(29)7-8-22-23-9-10-31(38,28(37)39)30(23,2)16-25(35)26(22)29/h4-6,17-18,21-22,27-28,30-31,42H,7-12,14-16,19-20H2,1-3H3,(H,39,43);4-6,13-14,17,22-23,25-26,35,38H,7-12,15-16H2,1-3H3,(H,32,36)(H,37,39)/t27-,28-,30-,31+,35-,36-,37-;22-,23-,25-,26+,29-,30-,31-/m00/s1. The van der Waals surface area contributed by atoms with Gasteiger partial charge in [-0.2, -0.15) is 39.0 Å². The second-order valence-electron chi connectivity index (χ2n) is 27.6. The van der Waals surface area contributed by atoms with E-state index in [1.54, 1.807) is 23.5 Å². The number of aliphatic hydroxyl groups is 3. The zero-order valence-electron chi connectivity index (χ0n) is 51.3. The Kier molecular flexibility index (Phi) is 17.3. The van der Waals surface area contributed by atoms with E-state index >= 15 is 0 Å². The van der Waals surface area contributed by atoms with Crippen LogP contribution in [0.3, 0.4) is 0 Å². The molecular weight excluding hydrogens is 1190 g/mol. The van der Waals surface area contributed by atoms with Crippen LogP contribution < -0.4 is 10.6 Å². The third-order valence-electron chi connectivity index (χ3n) is 23.1. The van der Waals surface area contributed by atoms with Crippen molar-refractivity contribution in [2.75, 3.05) is 42.9 Å². The number of amides is 2. The van der Waals surface area contributed by atoms with Crippen molar-refractivity contribution in [3.63, 3.8) is 0 Å². The number of rotatable bonds is 15. The molecule has 88 heavy (non-hydrogen) atoms. The molecule has 2 aromatic carbocycles. The monoisotopic (exact) mass is 1270 g/mol. The second kappa shape index (κ2) is 24.2. The van der Waals surface area contributed by atoms with Crippen molar-refractivity contribution in [1.82, 2.24) is 30.2 Å². The predicted molar refractivity (Wildman–Crippen MR) is 347 cm³/mol. The molecule has 0 spiro atoms. The Labute approximate surface area is 534 Å². The summed E-state index contributed by atoms with van der Waals surface area (Å²) in [6.45, 7) is 9.86. The van der Waals surface area contributed by atoms with Crippen molar-refractivity contribution in [3.8, 4) is 17.4 Å². The van der Waals surface area contributed by atoms with Gasteiger partial charge in [0.15, 0.2) is 5.60 Å². The summed E-state index contributed by atoms with van der Waals surface area (Å²) in [7, 11) is 0. The van der Waals surface area contributed by atoms with Crippen molar-refractivity contribution in [1.29, 1.82) is 5.26 Å². The fourth-order valence-electron chi connectivity index (χ4n) is 18.8. The number of carbonyl (C=O) groups is 5. The lowest BCUT2D eigenvalue weighted by Crippen LogP contribution is -2.62. The Morgan fingerprint density at radius 3 is 1.68 bits per heavy atom. The molecule has 2 amide bonds. The number of aliphatic hydroxyl groups excluding tert-OH is 2. The minimum atomic E-state index is -1.48. The number of carbonyl (C=O) groups excluding carboxylic acids is 5. The van der Waals surface area contributed by atoms with Gasteiger partial charge in [-0.25, -0.2) is 9.36 Å². The van der Waals surface area contributed by atoms with Crippen LogP contribution in [0.25, 0.3) is 23.5 Å². The smallest absolute Gasteiger partial charge is 0.309 e. The van der Waals surface area contributed by atoms with Gasteiger partial charge in [0.1, 0.15) is 5.60 Å². The summed E-state index contributed by atoms with van der Waals surface area (Å²) < 4.78 is 10.1. The summed E-state index contributed by atoms with van der Waals surface area (Å²) in [6.07, 6.45) is 20.9. The first kappa shape index (κ1) is 63.0. The molecule has 16 nitrogen and oxygen atoms in total. The van der Waals surface area contributed by atoms with Gasteiger partial charge in [-0.15, -0.1) is 12.6 Å². The topological polar surface area (TPSA) is 239 Å². The molecule has 0 unspecified atom stereocenters. The number of hydrogen-bond acceptors (Lipinski definition) is 15. The van der Waals surface area contributed by atoms with E-state index < -0.39 is 39.4 Å². The third-order valence-corrected chi connectivity index (χ3v) is 25.6. The Hall–Kier alpha value is -5.14. The number of aromatic nitrogens is 4. The molecule has 0 bridgehead atoms. The Morgan fingerprint density at radius 2 is 1.20 bits per heavy atom. The average Bonchev–Trinajstić information content (AvgIpc) is 1.37. The third kappa shape index (κ3) is 10.4. The van der Waals surface area contributed by atoms with Crippen LogP contribution in [-0.4, -0.2) is 129 Å². The molecule has 7 fully saturated rings. The number of nitrogens with zero attached hydrogens (tertiary/aromatic N) is 5. The van der Waals surface area contributed by atoms with E-state index in [-0.39, 0.29) is 80.9 Å². The zero-order chi connectivity index (χ0) is 62.3. The molecular formula is C68H83N7O9S4. The van der Waals surface area contributed by atoms with E-state index in [0.717, 1.165) is 121 Å². The molecule has 2 heterocycles. The van der Waals surface area contributed by atoms with Gasteiger partial charge in [0.2, 0.25) is 10.2 Å². The van der Waals surface area contributed by atoms with Crippen LogP contribution in [0.15, 0.2) is 72.1 Å². The van der Waals surface area contributed by atoms with Crippen LogP contribution in [0.1, 0.15) is 148 Å². The van der Waals surface area contributed by atoms with E-state index in [9.17, 15) is 44.6 Å². The highest BCUT2D eigenvalue weighted by atomic mass is 32.2. The van der Waals surface area contributed by atoms with Crippen LogP contribution in [-0.2, 0) is 32.0 Å². The molecule has 9 aliphatic rings. The summed E-state index contributed by atoms with van der Waals surface area (Å²) in [5.41, 5.74) is 5.11. The maximum absolute atomic E-state index is 13.9. The summed E-state index contributed by atoms with van der Waals surface area (Å²) >= 11 is 8.41. The first-order chi connectivity index (χ1) is 42.1. The molecule has 0 aliphatic heterocycles. The van der Waals surface area contributed by atoms with Gasteiger partial charge in [-0.1, -0.05) is 62.7 Å². The Bertz CT molecular complexity index is 3560. The van der Waals surface area contributed by atoms with Crippen LogP contribution >= 0.6 is 47.9 Å². The Balaban J connectivity index is 0.000000174. The number of fused-ring (bicyclic) bond motifs is 12. The highest BCUT2D eigenvalue weighted by Gasteiger charge is 2.72. The van der Waals surface area contributed by atoms with Crippen LogP contribution in [0.2, 0.25) is 0 Å². The van der Waals surface area contributed by atoms with Gasteiger partial charge in [-0.05, 0) is 208 Å². The molecule has 7 saturated carbocycles. The highest BCUT2D eigenvalue weighted by Crippen LogP contribution is 2.70. The molecule has 4 aromatic rings. The minimum absolute atomic E-state index is 0.00877. The van der Waals surface area contributed by atoms with E-state index in [4.69, 9.17) is 14.9 Å². The van der Waals surface area contributed by atoms with Crippen molar-refractivity contribution >= 4 is 88.1 Å². The number of thioether (sulfide) groups is 3. The molecule has 2 aromatic heterocycles. The number of allylic oxidation sites excluding steroid dienone is 2. The molecule has 468 valence electrons. The van der Waals surface area contributed by atoms with Gasteiger partial charge in [0.25, 0.3) is 11.8 Å². The van der Waals surface area contributed by atoms with Gasteiger partial charge in [0.05, 0.1) is 65.1 Å². The average molecular weight is 1270 g/mol. The van der Waals surface area contributed by atoms with Gasteiger partial charge in [-0.3, -0.25) is 24.0 Å². The van der Waals surface area contributed by atoms with E-state index in [0.29, 0.717) is 49.9 Å². The number of benzene rings is 2. The summed E-state index contributed by atoms with van der Waals surface area (Å²) in [5.74, 6) is 1.80. The highest BCUT2D eigenvalue weighted by molar-refractivity contribution is 8.14. The molecule has 5 N–H and O–H groups in total. The number of thiol groups is 1. The van der Waals surface area contributed by atoms with E-state index in [2.05, 4.69) is 62.3 Å². The van der Waals surface area contributed by atoms with E-state index in [1.165, 1.54) is 11.1 Å². The first-order valence-electron chi connectivity index (χ1n) is 31.5. The largest absolute Gasteiger partial charge is 0.449 e. The second-order valence-corrected chi connectivity index (χ2v) is 30.9. The normalized spacial score (nSPS) is 34.6. The fraction of sp³-hybridized carbons (Fsp3) is 0.588. The van der Waals surface area contributed by atoms with Crippen molar-refractivity contribution in [2.45, 2.75) is 141 Å². The van der Waals surface area contributed by atoms with Crippen molar-refractivity contribution in [2.24, 2.45) is 63.1 Å². The van der Waals surface area contributed by atoms with Crippen molar-refractivity contribution in [3.05, 3.63) is 106 Å². The first-order valence-corrected chi connectivity index (χ1v) is 35.7. The number of nitriles is 1. The molecule has 14 atom stereocenters. The number of ether oxygens (including phenoxy) is 1. The molecule has 9 aliphatic carbocycles. The van der Waals surface area contributed by atoms with Crippen LogP contribution in [0.5, 0.6) is 0 Å². The molecule has 0 radical (unpaired) electrons. The lowest BCUT2D eigenvalue weighted by Gasteiger charge is -2.60. The lowest BCUT2D eigenvalue weighted by molar-refractivity contribution is -0.197. The van der Waals surface area contributed by atoms with Gasteiger partial charge in [0, 0.05) is 46.6 Å². The fourth-order valence-corrected chi connectivity index (χ4v) is 20.5. The number of nitrogens with one attached hydrogen (secondary N) is 2. The number of hydrogen-bond donors (Lipinski definition) is 6.